The summed E-state index contributed by atoms with van der Waals surface area (Å²) in [6.07, 6.45) is 0.0566. The molecule has 0 unspecified atom stereocenters. The van der Waals surface area contributed by atoms with Crippen molar-refractivity contribution >= 4 is 21.9 Å². The molecule has 0 saturated carbocycles. The number of rotatable bonds is 5. The van der Waals surface area contributed by atoms with Crippen molar-refractivity contribution in [1.29, 1.82) is 0 Å². The van der Waals surface area contributed by atoms with E-state index in [4.69, 9.17) is 4.74 Å². The van der Waals surface area contributed by atoms with Crippen molar-refractivity contribution in [2.45, 2.75) is 24.8 Å². The average molecular weight is 287 g/mol. The van der Waals surface area contributed by atoms with Gasteiger partial charge in [0.05, 0.1) is 7.11 Å². The van der Waals surface area contributed by atoms with E-state index in [9.17, 15) is 4.79 Å². The molecular weight excluding hydrogens is 272 g/mol. The number of hydrogen-bond acceptors (Lipinski definition) is 3. The quantitative estimate of drug-likeness (QED) is 0.617. The Morgan fingerprint density at radius 2 is 2.25 bits per heavy atom. The molecule has 0 aromatic heterocycles. The first-order chi connectivity index (χ1) is 7.71. The van der Waals surface area contributed by atoms with E-state index < -0.39 is 6.10 Å². The number of esters is 1. The van der Waals surface area contributed by atoms with Gasteiger partial charge in [0.25, 0.3) is 0 Å². The Bertz CT molecular complexity index is 352. The minimum absolute atomic E-state index is 0.341. The Morgan fingerprint density at radius 3 is 2.81 bits per heavy atom. The van der Waals surface area contributed by atoms with Crippen molar-refractivity contribution in [2.75, 3.05) is 7.11 Å². The fourth-order valence-electron chi connectivity index (χ4n) is 1.30. The zero-order valence-corrected chi connectivity index (χ0v) is 11.0. The molecule has 1 aromatic carbocycles. The van der Waals surface area contributed by atoms with Crippen LogP contribution in [0.25, 0.3) is 0 Å². The van der Waals surface area contributed by atoms with E-state index in [2.05, 4.69) is 20.7 Å². The molecular formula is C12H15BrO3. The van der Waals surface area contributed by atoms with Crippen LogP contribution in [0, 0.1) is 0 Å². The first-order valence-electron chi connectivity index (χ1n) is 5.10. The molecule has 16 heavy (non-hydrogen) atoms. The molecule has 0 aliphatic carbocycles. The maximum absolute atomic E-state index is 11.3. The summed E-state index contributed by atoms with van der Waals surface area (Å²) in [6, 6.07) is 7.62. The third kappa shape index (κ3) is 3.52. The molecule has 0 radical (unpaired) electrons. The van der Waals surface area contributed by atoms with Gasteiger partial charge in [0.2, 0.25) is 0 Å². The zero-order valence-electron chi connectivity index (χ0n) is 9.40. The number of methoxy groups -OCH3 is 1. The topological polar surface area (TPSA) is 35.5 Å². The molecule has 0 fully saturated rings. The van der Waals surface area contributed by atoms with Gasteiger partial charge in [0, 0.05) is 5.33 Å². The second-order valence-electron chi connectivity index (χ2n) is 3.32. The van der Waals surface area contributed by atoms with Gasteiger partial charge in [-0.25, -0.2) is 4.79 Å². The molecule has 1 atom stereocenters. The van der Waals surface area contributed by atoms with Crippen molar-refractivity contribution < 1.29 is 14.3 Å². The van der Waals surface area contributed by atoms with E-state index in [0.717, 1.165) is 10.9 Å². The van der Waals surface area contributed by atoms with Gasteiger partial charge in [-0.2, -0.15) is 0 Å². The Hall–Kier alpha value is -1.03. The lowest BCUT2D eigenvalue weighted by Gasteiger charge is -2.15. The van der Waals surface area contributed by atoms with Crippen LogP contribution in [0.5, 0.6) is 5.75 Å². The predicted molar refractivity (Wildman–Crippen MR) is 65.8 cm³/mol. The average Bonchev–Trinajstić information content (AvgIpc) is 2.35. The number of carbonyl (C=O) groups is 1. The molecule has 0 bridgehead atoms. The summed E-state index contributed by atoms with van der Waals surface area (Å²) in [5.74, 6) is 0.348. The summed E-state index contributed by atoms with van der Waals surface area (Å²) < 4.78 is 10.2. The Morgan fingerprint density at radius 1 is 1.50 bits per heavy atom. The van der Waals surface area contributed by atoms with Crippen LogP contribution in [0.3, 0.4) is 0 Å². The molecule has 0 aliphatic heterocycles. The van der Waals surface area contributed by atoms with E-state index in [1.165, 1.54) is 7.11 Å². The maximum Gasteiger partial charge on any atom is 0.347 e. The second-order valence-corrected chi connectivity index (χ2v) is 3.88. The maximum atomic E-state index is 11.3. The van der Waals surface area contributed by atoms with Gasteiger partial charge in [0.15, 0.2) is 6.10 Å². The van der Waals surface area contributed by atoms with Crippen LogP contribution >= 0.6 is 15.9 Å². The van der Waals surface area contributed by atoms with Crippen LogP contribution in [0.4, 0.5) is 0 Å². The monoisotopic (exact) mass is 286 g/mol. The van der Waals surface area contributed by atoms with Crippen molar-refractivity contribution in [3.8, 4) is 5.75 Å². The van der Waals surface area contributed by atoms with Crippen LogP contribution in [-0.2, 0) is 14.9 Å². The van der Waals surface area contributed by atoms with Crippen molar-refractivity contribution in [1.82, 2.24) is 0 Å². The first kappa shape index (κ1) is 13.0. The molecule has 88 valence electrons. The number of ether oxygens (including phenoxy) is 2. The van der Waals surface area contributed by atoms with Crippen LogP contribution in [0.15, 0.2) is 24.3 Å². The summed E-state index contributed by atoms with van der Waals surface area (Å²) in [5, 5.41) is 0.763. The molecule has 1 rings (SSSR count). The lowest BCUT2D eigenvalue weighted by atomic mass is 10.2. The molecule has 0 N–H and O–H groups in total. The van der Waals surface area contributed by atoms with Crippen LogP contribution in [-0.4, -0.2) is 19.2 Å². The van der Waals surface area contributed by atoms with E-state index in [0.29, 0.717) is 12.2 Å². The molecule has 0 spiro atoms. The highest BCUT2D eigenvalue weighted by Crippen LogP contribution is 2.18. The smallest absolute Gasteiger partial charge is 0.347 e. The minimum atomic E-state index is -0.532. The summed E-state index contributed by atoms with van der Waals surface area (Å²) in [5.41, 5.74) is 1.11. The molecule has 1 aromatic rings. The van der Waals surface area contributed by atoms with Gasteiger partial charge in [-0.15, -0.1) is 0 Å². The van der Waals surface area contributed by atoms with E-state index in [-0.39, 0.29) is 5.97 Å². The fraction of sp³-hybridized carbons (Fsp3) is 0.417. The highest BCUT2D eigenvalue weighted by molar-refractivity contribution is 9.08. The number of hydrogen-bond donors (Lipinski definition) is 0. The van der Waals surface area contributed by atoms with Crippen molar-refractivity contribution in [3.05, 3.63) is 29.8 Å². The van der Waals surface area contributed by atoms with Crippen LogP contribution < -0.4 is 4.74 Å². The number of alkyl halides is 1. The molecule has 0 aliphatic rings. The van der Waals surface area contributed by atoms with Gasteiger partial charge < -0.3 is 9.47 Å². The fourth-order valence-corrected chi connectivity index (χ4v) is 1.64. The van der Waals surface area contributed by atoms with Gasteiger partial charge in [0.1, 0.15) is 5.75 Å². The normalized spacial score (nSPS) is 11.9. The van der Waals surface area contributed by atoms with Gasteiger partial charge in [-0.3, -0.25) is 0 Å². The Labute approximate surface area is 104 Å². The van der Waals surface area contributed by atoms with E-state index in [1.54, 1.807) is 0 Å². The lowest BCUT2D eigenvalue weighted by Crippen LogP contribution is -2.27. The third-order valence-electron chi connectivity index (χ3n) is 2.17. The highest BCUT2D eigenvalue weighted by Gasteiger charge is 2.18. The van der Waals surface area contributed by atoms with Crippen LogP contribution in [0.2, 0.25) is 0 Å². The Kier molecular flexibility index (Phi) is 5.32. The number of benzene rings is 1. The van der Waals surface area contributed by atoms with E-state index >= 15 is 0 Å². The summed E-state index contributed by atoms with van der Waals surface area (Å²) >= 11 is 3.37. The zero-order chi connectivity index (χ0) is 12.0. The SMILES string of the molecule is CC[C@H](Oc1cccc(CBr)c1)C(=O)OC. The minimum Gasteiger partial charge on any atom is -0.479 e. The van der Waals surface area contributed by atoms with Crippen molar-refractivity contribution in [2.24, 2.45) is 0 Å². The molecule has 0 amide bonds. The van der Waals surface area contributed by atoms with Crippen molar-refractivity contribution in [3.63, 3.8) is 0 Å². The molecule has 4 heteroatoms. The molecule has 0 heterocycles. The molecule has 0 saturated heterocycles. The first-order valence-corrected chi connectivity index (χ1v) is 6.22. The number of carbonyl (C=O) groups excluding carboxylic acids is 1. The van der Waals surface area contributed by atoms with Gasteiger partial charge in [-0.05, 0) is 24.1 Å². The molecule has 3 nitrogen and oxygen atoms in total. The standard InChI is InChI=1S/C12H15BrO3/c1-3-11(12(14)15-2)16-10-6-4-5-9(7-10)8-13/h4-7,11H,3,8H2,1-2H3/t11-/m0/s1. The largest absolute Gasteiger partial charge is 0.479 e. The number of halogens is 1. The highest BCUT2D eigenvalue weighted by atomic mass is 79.9. The summed E-state index contributed by atoms with van der Waals surface area (Å²) in [4.78, 5) is 11.3. The summed E-state index contributed by atoms with van der Waals surface area (Å²) in [7, 11) is 1.36. The summed E-state index contributed by atoms with van der Waals surface area (Å²) in [6.45, 7) is 1.88. The van der Waals surface area contributed by atoms with Gasteiger partial charge >= 0.3 is 5.97 Å². The third-order valence-corrected chi connectivity index (χ3v) is 2.81. The second kappa shape index (κ2) is 6.53. The predicted octanol–water partition coefficient (Wildman–Crippen LogP) is 2.91. The Balaban J connectivity index is 2.73. The van der Waals surface area contributed by atoms with Crippen LogP contribution in [0.1, 0.15) is 18.9 Å². The van der Waals surface area contributed by atoms with E-state index in [1.807, 2.05) is 31.2 Å². The van der Waals surface area contributed by atoms with Gasteiger partial charge in [-0.1, -0.05) is 35.0 Å². The lowest BCUT2D eigenvalue weighted by molar-refractivity contribution is -0.148.